The van der Waals surface area contributed by atoms with Crippen LogP contribution in [0.1, 0.15) is 31.1 Å². The normalized spacial score (nSPS) is 13.6. The summed E-state index contributed by atoms with van der Waals surface area (Å²) in [5.41, 5.74) is 2.26. The van der Waals surface area contributed by atoms with Gasteiger partial charge in [0.15, 0.2) is 11.5 Å². The smallest absolute Gasteiger partial charge is 0.275 e. The molecule has 6 heteroatoms. The number of ether oxygens (including phenoxy) is 2. The SMILES string of the molecule is CC(C)(C)ONC(=O)c1cc(Cl)c2c(c1)OCO2. The fourth-order valence-corrected chi connectivity index (χ4v) is 1.62. The molecule has 5 nitrogen and oxygen atoms in total. The van der Waals surface area contributed by atoms with E-state index in [0.717, 1.165) is 0 Å². The Bertz CT molecular complexity index is 482. The summed E-state index contributed by atoms with van der Waals surface area (Å²) in [5.74, 6) is 0.540. The van der Waals surface area contributed by atoms with Crippen molar-refractivity contribution in [3.63, 3.8) is 0 Å². The Morgan fingerprint density at radius 1 is 1.39 bits per heavy atom. The van der Waals surface area contributed by atoms with Crippen LogP contribution in [0.25, 0.3) is 0 Å². The Morgan fingerprint density at radius 2 is 2.11 bits per heavy atom. The Morgan fingerprint density at radius 3 is 2.78 bits per heavy atom. The molecule has 1 heterocycles. The number of benzene rings is 1. The molecule has 1 N–H and O–H groups in total. The number of carbonyl (C=O) groups is 1. The topological polar surface area (TPSA) is 56.8 Å². The van der Waals surface area contributed by atoms with Crippen molar-refractivity contribution in [3.8, 4) is 11.5 Å². The second-order valence-corrected chi connectivity index (χ2v) is 5.24. The van der Waals surface area contributed by atoms with Crippen molar-refractivity contribution in [2.24, 2.45) is 0 Å². The number of rotatable bonds is 2. The third kappa shape index (κ3) is 2.86. The van der Waals surface area contributed by atoms with E-state index < -0.39 is 5.60 Å². The number of hydroxylamine groups is 1. The fourth-order valence-electron chi connectivity index (χ4n) is 1.36. The molecule has 1 aromatic rings. The molecule has 0 spiro atoms. The van der Waals surface area contributed by atoms with E-state index in [1.54, 1.807) is 6.07 Å². The van der Waals surface area contributed by atoms with Crippen LogP contribution in [0.2, 0.25) is 5.02 Å². The van der Waals surface area contributed by atoms with Gasteiger partial charge in [-0.1, -0.05) is 11.6 Å². The summed E-state index contributed by atoms with van der Waals surface area (Å²) in [6, 6.07) is 3.08. The number of fused-ring (bicyclic) bond motifs is 1. The molecule has 0 saturated heterocycles. The van der Waals surface area contributed by atoms with Crippen LogP contribution in [0.5, 0.6) is 11.5 Å². The maximum atomic E-state index is 11.9. The minimum atomic E-state index is -0.463. The van der Waals surface area contributed by atoms with E-state index in [1.807, 2.05) is 20.8 Å². The van der Waals surface area contributed by atoms with E-state index in [1.165, 1.54) is 6.07 Å². The lowest BCUT2D eigenvalue weighted by Crippen LogP contribution is -2.33. The van der Waals surface area contributed by atoms with E-state index in [9.17, 15) is 4.79 Å². The average molecular weight is 272 g/mol. The van der Waals surface area contributed by atoms with Crippen molar-refractivity contribution in [1.29, 1.82) is 0 Å². The van der Waals surface area contributed by atoms with Gasteiger partial charge in [-0.15, -0.1) is 0 Å². The molecule has 1 aromatic carbocycles. The molecule has 0 aromatic heterocycles. The second kappa shape index (κ2) is 4.66. The van der Waals surface area contributed by atoms with Gasteiger partial charge in [0.1, 0.15) is 0 Å². The fraction of sp³-hybridized carbons (Fsp3) is 0.417. The van der Waals surface area contributed by atoms with Gasteiger partial charge in [-0.05, 0) is 32.9 Å². The Balaban J connectivity index is 2.14. The molecule has 1 aliphatic rings. The van der Waals surface area contributed by atoms with E-state index in [0.29, 0.717) is 22.1 Å². The lowest BCUT2D eigenvalue weighted by Gasteiger charge is -2.19. The third-order valence-corrected chi connectivity index (χ3v) is 2.42. The number of hydrogen-bond donors (Lipinski definition) is 1. The molecule has 0 fully saturated rings. The van der Waals surface area contributed by atoms with Gasteiger partial charge >= 0.3 is 0 Å². The molecule has 0 unspecified atom stereocenters. The van der Waals surface area contributed by atoms with Crippen LogP contribution in [0.15, 0.2) is 12.1 Å². The van der Waals surface area contributed by atoms with Gasteiger partial charge in [-0.25, -0.2) is 5.48 Å². The van der Waals surface area contributed by atoms with Crippen LogP contribution >= 0.6 is 11.6 Å². The van der Waals surface area contributed by atoms with Crippen molar-refractivity contribution >= 4 is 17.5 Å². The molecule has 0 atom stereocenters. The Kier molecular flexibility index (Phi) is 3.36. The molecule has 0 aliphatic carbocycles. The third-order valence-electron chi connectivity index (χ3n) is 2.14. The highest BCUT2D eigenvalue weighted by Crippen LogP contribution is 2.39. The lowest BCUT2D eigenvalue weighted by molar-refractivity contribution is -0.0589. The molecular weight excluding hydrogens is 258 g/mol. The summed E-state index contributed by atoms with van der Waals surface area (Å²) in [4.78, 5) is 17.0. The highest BCUT2D eigenvalue weighted by molar-refractivity contribution is 6.32. The minimum Gasteiger partial charge on any atom is -0.454 e. The first-order valence-electron chi connectivity index (χ1n) is 5.44. The van der Waals surface area contributed by atoms with Crippen LogP contribution in [0.3, 0.4) is 0 Å². The number of halogens is 1. The maximum absolute atomic E-state index is 11.9. The van der Waals surface area contributed by atoms with Crippen LogP contribution < -0.4 is 15.0 Å². The quantitative estimate of drug-likeness (QED) is 0.840. The van der Waals surface area contributed by atoms with Gasteiger partial charge in [0.05, 0.1) is 10.6 Å². The number of nitrogens with one attached hydrogen (secondary N) is 1. The van der Waals surface area contributed by atoms with Crippen molar-refractivity contribution in [3.05, 3.63) is 22.7 Å². The lowest BCUT2D eigenvalue weighted by atomic mass is 10.2. The van der Waals surface area contributed by atoms with Crippen molar-refractivity contribution in [1.82, 2.24) is 5.48 Å². The van der Waals surface area contributed by atoms with Crippen LogP contribution in [-0.4, -0.2) is 18.3 Å². The number of carbonyl (C=O) groups excluding carboxylic acids is 1. The summed E-state index contributed by atoms with van der Waals surface area (Å²) in [7, 11) is 0. The van der Waals surface area contributed by atoms with Gasteiger partial charge in [0.25, 0.3) is 5.91 Å². The monoisotopic (exact) mass is 271 g/mol. The van der Waals surface area contributed by atoms with Crippen molar-refractivity contribution < 1.29 is 19.1 Å². The largest absolute Gasteiger partial charge is 0.454 e. The van der Waals surface area contributed by atoms with E-state index in [-0.39, 0.29) is 12.7 Å². The zero-order valence-electron chi connectivity index (χ0n) is 10.4. The van der Waals surface area contributed by atoms with Gasteiger partial charge < -0.3 is 9.47 Å². The van der Waals surface area contributed by atoms with Gasteiger partial charge in [0, 0.05) is 5.56 Å². The molecule has 1 aliphatic heterocycles. The molecular formula is C12H14ClNO4. The molecule has 98 valence electrons. The van der Waals surface area contributed by atoms with Crippen LogP contribution in [0.4, 0.5) is 0 Å². The molecule has 1 amide bonds. The predicted molar refractivity (Wildman–Crippen MR) is 65.9 cm³/mol. The first-order chi connectivity index (χ1) is 8.37. The van der Waals surface area contributed by atoms with Crippen molar-refractivity contribution in [2.75, 3.05) is 6.79 Å². The van der Waals surface area contributed by atoms with E-state index in [4.69, 9.17) is 25.9 Å². The number of hydrogen-bond acceptors (Lipinski definition) is 4. The standard InChI is InChI=1S/C12H14ClNO4/c1-12(2,3)18-14-11(15)7-4-8(13)10-9(5-7)16-6-17-10/h4-5H,6H2,1-3H3,(H,14,15). The Hall–Kier alpha value is -1.46. The van der Waals surface area contributed by atoms with Gasteiger partial charge in [-0.2, -0.15) is 0 Å². The van der Waals surface area contributed by atoms with Crippen LogP contribution in [-0.2, 0) is 4.84 Å². The van der Waals surface area contributed by atoms with Gasteiger partial charge in [0.2, 0.25) is 6.79 Å². The summed E-state index contributed by atoms with van der Waals surface area (Å²) >= 11 is 5.98. The van der Waals surface area contributed by atoms with E-state index in [2.05, 4.69) is 5.48 Å². The molecule has 0 radical (unpaired) electrons. The summed E-state index contributed by atoms with van der Waals surface area (Å²) < 4.78 is 10.3. The number of amides is 1. The van der Waals surface area contributed by atoms with E-state index >= 15 is 0 Å². The van der Waals surface area contributed by atoms with Gasteiger partial charge in [-0.3, -0.25) is 9.63 Å². The maximum Gasteiger partial charge on any atom is 0.275 e. The first kappa shape index (κ1) is 13.0. The van der Waals surface area contributed by atoms with Crippen molar-refractivity contribution in [2.45, 2.75) is 26.4 Å². The summed E-state index contributed by atoms with van der Waals surface area (Å²) in [5, 5.41) is 0.339. The zero-order chi connectivity index (χ0) is 13.3. The predicted octanol–water partition coefficient (Wildman–Crippen LogP) is 2.53. The highest BCUT2D eigenvalue weighted by Gasteiger charge is 2.21. The first-order valence-corrected chi connectivity index (χ1v) is 5.82. The molecule has 0 bridgehead atoms. The summed E-state index contributed by atoms with van der Waals surface area (Å²) in [6.45, 7) is 5.61. The summed E-state index contributed by atoms with van der Waals surface area (Å²) in [6.07, 6.45) is 0. The molecule has 0 saturated carbocycles. The van der Waals surface area contributed by atoms with Crippen LogP contribution in [0, 0.1) is 0 Å². The second-order valence-electron chi connectivity index (χ2n) is 4.84. The highest BCUT2D eigenvalue weighted by atomic mass is 35.5. The average Bonchev–Trinajstić information content (AvgIpc) is 2.73. The zero-order valence-corrected chi connectivity index (χ0v) is 11.1. The molecule has 2 rings (SSSR count). The Labute approximate surface area is 110 Å². The molecule has 18 heavy (non-hydrogen) atoms. The minimum absolute atomic E-state index is 0.110.